The summed E-state index contributed by atoms with van der Waals surface area (Å²) in [4.78, 5) is 14.7. The Morgan fingerprint density at radius 1 is 1.04 bits per heavy atom. The van der Waals surface area contributed by atoms with E-state index in [9.17, 15) is 14.4 Å². The van der Waals surface area contributed by atoms with Crippen LogP contribution in [0.15, 0.2) is 47.6 Å². The van der Waals surface area contributed by atoms with E-state index in [1.807, 2.05) is 12.1 Å². The minimum Gasteiger partial charge on any atom is -0.508 e. The molecule has 6 nitrogen and oxygen atoms in total. The number of hydrogen-bond donors (Lipinski definition) is 2. The van der Waals surface area contributed by atoms with Crippen molar-refractivity contribution in [2.75, 3.05) is 36.0 Å². The molecule has 3 N–H and O–H groups in total. The fourth-order valence-electron chi connectivity index (χ4n) is 2.65. The first-order valence-corrected chi connectivity index (χ1v) is 8.13. The van der Waals surface area contributed by atoms with E-state index in [0.717, 1.165) is 43.0 Å². The molecule has 1 fully saturated rings. The van der Waals surface area contributed by atoms with Crippen LogP contribution in [0.3, 0.4) is 0 Å². The fourth-order valence-corrected chi connectivity index (χ4v) is 2.65. The number of hydrogen-bond acceptors (Lipinski definition) is 6. The van der Waals surface area contributed by atoms with Crippen LogP contribution in [-0.2, 0) is 0 Å². The van der Waals surface area contributed by atoms with Crippen molar-refractivity contribution in [1.29, 1.82) is 0 Å². The highest BCUT2D eigenvalue weighted by Crippen LogP contribution is 2.26. The van der Waals surface area contributed by atoms with Crippen molar-refractivity contribution in [3.05, 3.63) is 53.2 Å². The Morgan fingerprint density at radius 2 is 1.52 bits per heavy atom. The van der Waals surface area contributed by atoms with Gasteiger partial charge in [0, 0.05) is 37.6 Å². The summed E-state index contributed by atoms with van der Waals surface area (Å²) in [5.74, 6) is -0.338. The lowest BCUT2D eigenvalue weighted by Gasteiger charge is -2.37. The molecular weight excluding hydrogens is 343 g/mol. The largest absolute Gasteiger partial charge is 0.508 e. The van der Waals surface area contributed by atoms with Gasteiger partial charge in [-0.3, -0.25) is 0 Å². The first kappa shape index (κ1) is 18.6. The summed E-state index contributed by atoms with van der Waals surface area (Å²) in [6, 6.07) is 11.6. The fraction of sp³-hybridized carbons (Fsp3) is 0.235. The molecule has 2 aromatic carbocycles. The van der Waals surface area contributed by atoms with E-state index in [2.05, 4.69) is 32.9 Å². The van der Waals surface area contributed by atoms with Crippen molar-refractivity contribution < 1.29 is 9.50 Å². The number of anilines is 2. The van der Waals surface area contributed by atoms with Gasteiger partial charge in [0.05, 0.1) is 5.49 Å². The zero-order valence-corrected chi connectivity index (χ0v) is 14.3. The van der Waals surface area contributed by atoms with Gasteiger partial charge in [-0.15, -0.1) is 4.91 Å². The van der Waals surface area contributed by atoms with Gasteiger partial charge in [-0.25, -0.2) is 4.39 Å². The van der Waals surface area contributed by atoms with Gasteiger partial charge in [0.1, 0.15) is 11.4 Å². The molecule has 1 aliphatic heterocycles. The van der Waals surface area contributed by atoms with Gasteiger partial charge >= 0.3 is 0 Å². The van der Waals surface area contributed by atoms with E-state index >= 15 is 0 Å². The Kier molecular flexibility index (Phi) is 6.64. The lowest BCUT2D eigenvalue weighted by molar-refractivity contribution is 0.475. The number of benzene rings is 2. The molecule has 1 aliphatic rings. The molecule has 2 aromatic rings. The molecule has 8 heteroatoms. The van der Waals surface area contributed by atoms with Crippen molar-refractivity contribution in [2.45, 2.75) is 0 Å². The molecule has 3 rings (SSSR count). The van der Waals surface area contributed by atoms with Crippen molar-refractivity contribution in [2.24, 2.45) is 10.9 Å². The number of phenolic OH excluding ortho intramolecular Hbond substituents is 1. The molecule has 1 saturated heterocycles. The van der Waals surface area contributed by atoms with E-state index < -0.39 is 5.82 Å². The number of piperazine rings is 1. The number of rotatable bonds is 3. The first-order chi connectivity index (χ1) is 12.1. The summed E-state index contributed by atoms with van der Waals surface area (Å²) in [7, 11) is 0. The molecule has 0 unspecified atom stereocenters. The lowest BCUT2D eigenvalue weighted by atomic mass is 10.2. The molecule has 0 radical (unpaired) electrons. The van der Waals surface area contributed by atoms with Crippen molar-refractivity contribution in [1.82, 2.24) is 0 Å². The molecule has 25 heavy (non-hydrogen) atoms. The second-order valence-corrected chi connectivity index (χ2v) is 5.63. The second kappa shape index (κ2) is 8.93. The zero-order valence-electron chi connectivity index (χ0n) is 13.5. The summed E-state index contributed by atoms with van der Waals surface area (Å²) in [6.45, 7) is 3.13. The van der Waals surface area contributed by atoms with E-state index in [1.54, 1.807) is 18.2 Å². The topological polar surface area (TPSA) is 82.2 Å². The molecule has 0 aromatic heterocycles. The molecule has 0 bridgehead atoms. The Hall–Kier alpha value is -2.74. The summed E-state index contributed by atoms with van der Waals surface area (Å²) in [5, 5.41) is 12.0. The van der Waals surface area contributed by atoms with Crippen LogP contribution >= 0.6 is 12.2 Å². The van der Waals surface area contributed by atoms with Crippen LogP contribution in [0.5, 0.6) is 5.75 Å². The van der Waals surface area contributed by atoms with Crippen LogP contribution in [0, 0.1) is 10.7 Å². The van der Waals surface area contributed by atoms with Gasteiger partial charge in [-0.05, 0) is 47.6 Å². The number of thiocarbonyl (C=S) groups is 1. The number of nitrogens with zero attached hydrogens (tertiary/aromatic N) is 3. The monoisotopic (exact) mass is 362 g/mol. The number of phenols is 1. The zero-order chi connectivity index (χ0) is 18.2. The molecule has 0 aliphatic carbocycles. The van der Waals surface area contributed by atoms with Gasteiger partial charge in [-0.1, -0.05) is 12.2 Å². The van der Waals surface area contributed by atoms with Gasteiger partial charge < -0.3 is 20.6 Å². The molecule has 1 heterocycles. The third kappa shape index (κ3) is 4.87. The summed E-state index contributed by atoms with van der Waals surface area (Å²) >= 11 is 4.05. The van der Waals surface area contributed by atoms with E-state index in [-0.39, 0.29) is 11.4 Å². The predicted molar refractivity (Wildman–Crippen MR) is 102 cm³/mol. The van der Waals surface area contributed by atoms with Crippen LogP contribution in [0.4, 0.5) is 21.5 Å². The van der Waals surface area contributed by atoms with Gasteiger partial charge in [0.2, 0.25) is 0 Å². The third-order valence-electron chi connectivity index (χ3n) is 3.89. The highest BCUT2D eigenvalue weighted by molar-refractivity contribution is 7.78. The van der Waals surface area contributed by atoms with Gasteiger partial charge in [0.15, 0.2) is 5.82 Å². The average Bonchev–Trinajstić information content (AvgIpc) is 2.63. The number of aromatic hydroxyl groups is 1. The Morgan fingerprint density at radius 3 is 2.00 bits per heavy atom. The van der Waals surface area contributed by atoms with Gasteiger partial charge in [-0.2, -0.15) is 0 Å². The SMILES string of the molecule is NC=S.O=Nc1ccc(N2CCN(c3ccc(O)cc3)CC2)cc1F. The normalized spacial score (nSPS) is 13.6. The van der Waals surface area contributed by atoms with Crippen LogP contribution in [-0.4, -0.2) is 36.8 Å². The number of nitroso groups, excluding NO2 is 1. The maximum absolute atomic E-state index is 13.6. The Balaban J connectivity index is 0.000000701. The van der Waals surface area contributed by atoms with Gasteiger partial charge in [0.25, 0.3) is 0 Å². The standard InChI is InChI=1S/C16H16FN3O2.CH3NS/c17-15-11-13(3-6-16(15)18-22)20-9-7-19(8-10-20)12-1-4-14(21)5-2-12;2-1-3/h1-6,11,21H,7-10H2;1H,(H2,2,3). The lowest BCUT2D eigenvalue weighted by Crippen LogP contribution is -2.46. The molecule has 132 valence electrons. The predicted octanol–water partition coefficient (Wildman–Crippen LogP) is 3.16. The molecule has 0 amide bonds. The van der Waals surface area contributed by atoms with Crippen LogP contribution < -0.4 is 15.5 Å². The summed E-state index contributed by atoms with van der Waals surface area (Å²) in [6.07, 6.45) is 0. The number of nitrogens with two attached hydrogens (primary N) is 1. The second-order valence-electron chi connectivity index (χ2n) is 5.35. The number of halogens is 1. The van der Waals surface area contributed by atoms with Crippen molar-refractivity contribution in [3.8, 4) is 5.75 Å². The Labute approximate surface area is 150 Å². The van der Waals surface area contributed by atoms with E-state index in [0.29, 0.717) is 0 Å². The van der Waals surface area contributed by atoms with Crippen molar-refractivity contribution in [3.63, 3.8) is 0 Å². The van der Waals surface area contributed by atoms with Crippen LogP contribution in [0.2, 0.25) is 0 Å². The minimum atomic E-state index is -0.589. The van der Waals surface area contributed by atoms with E-state index in [4.69, 9.17) is 0 Å². The maximum Gasteiger partial charge on any atom is 0.154 e. The highest BCUT2D eigenvalue weighted by atomic mass is 32.1. The van der Waals surface area contributed by atoms with Crippen LogP contribution in [0.1, 0.15) is 0 Å². The molecule has 0 atom stereocenters. The molecule has 0 saturated carbocycles. The molecule has 0 spiro atoms. The Bertz CT molecular complexity index is 719. The third-order valence-corrected chi connectivity index (χ3v) is 3.89. The maximum atomic E-state index is 13.6. The summed E-state index contributed by atoms with van der Waals surface area (Å²) in [5.41, 5.74) is 7.28. The minimum absolute atomic E-state index is 0.161. The van der Waals surface area contributed by atoms with Crippen molar-refractivity contribution >= 4 is 34.8 Å². The molecular formula is C17H19FN4O2S. The van der Waals surface area contributed by atoms with E-state index in [1.165, 1.54) is 12.1 Å². The summed E-state index contributed by atoms with van der Waals surface area (Å²) < 4.78 is 13.6. The highest BCUT2D eigenvalue weighted by Gasteiger charge is 2.18. The smallest absolute Gasteiger partial charge is 0.154 e. The average molecular weight is 362 g/mol. The van der Waals surface area contributed by atoms with Crippen LogP contribution in [0.25, 0.3) is 0 Å². The first-order valence-electron chi connectivity index (χ1n) is 7.66. The quantitative estimate of drug-likeness (QED) is 0.645.